The molecule has 1 amide bonds. The minimum absolute atomic E-state index is 0.0347. The molecule has 0 radical (unpaired) electrons. The Morgan fingerprint density at radius 1 is 1.06 bits per heavy atom. The molecular weight excluding hydrogens is 414 g/mol. The topological polar surface area (TPSA) is 57.2 Å². The van der Waals surface area contributed by atoms with E-state index in [0.717, 1.165) is 0 Å². The van der Waals surface area contributed by atoms with Crippen LogP contribution in [0.15, 0.2) is 18.2 Å². The minimum atomic E-state index is -4.86. The van der Waals surface area contributed by atoms with Crippen LogP contribution in [0.1, 0.15) is 61.0 Å². The van der Waals surface area contributed by atoms with Gasteiger partial charge in [-0.25, -0.2) is 4.79 Å². The van der Waals surface area contributed by atoms with Crippen molar-refractivity contribution >= 4 is 18.7 Å². The average molecular weight is 445 g/mol. The summed E-state index contributed by atoms with van der Waals surface area (Å²) in [6.45, 7) is 14.7. The molecule has 0 spiro atoms. The number of carbonyl (C=O) groups is 1. The Balaban J connectivity index is 2.37. The van der Waals surface area contributed by atoms with Crippen LogP contribution in [0, 0.1) is 0 Å². The maximum Gasteiger partial charge on any atom is 0.573 e. The molecule has 10 heteroatoms. The maximum absolute atomic E-state index is 12.9. The van der Waals surface area contributed by atoms with Gasteiger partial charge in [-0.2, -0.15) is 0 Å². The van der Waals surface area contributed by atoms with Crippen molar-refractivity contribution in [1.82, 2.24) is 4.90 Å². The Morgan fingerprint density at radius 2 is 1.61 bits per heavy atom. The highest BCUT2D eigenvalue weighted by atomic mass is 19.4. The number of alkyl halides is 3. The summed E-state index contributed by atoms with van der Waals surface area (Å²) in [4.78, 5) is 13.9. The van der Waals surface area contributed by atoms with E-state index in [1.165, 1.54) is 17.0 Å². The summed E-state index contributed by atoms with van der Waals surface area (Å²) in [5.74, 6) is -0.407. The molecule has 0 saturated carbocycles. The van der Waals surface area contributed by atoms with Gasteiger partial charge in [0.25, 0.3) is 0 Å². The van der Waals surface area contributed by atoms with E-state index in [9.17, 15) is 18.0 Å². The largest absolute Gasteiger partial charge is 0.573 e. The fraction of sp³-hybridized carbons (Fsp3) is 0.667. The predicted molar refractivity (Wildman–Crippen MR) is 111 cm³/mol. The molecule has 0 N–H and O–H groups in total. The van der Waals surface area contributed by atoms with Crippen LogP contribution in [0.25, 0.3) is 0 Å². The SMILES string of the molecule is CCN(Cc1cc(OC(F)(F)F)cc(B2OC(C)(C)C(C)(C)O2)c1)C(=O)OC(C)(C)C. The smallest absolute Gasteiger partial charge is 0.444 e. The molecule has 1 saturated heterocycles. The zero-order valence-electron chi connectivity index (χ0n) is 19.3. The summed E-state index contributed by atoms with van der Waals surface area (Å²) in [5, 5.41) is 0. The lowest BCUT2D eigenvalue weighted by atomic mass is 9.78. The highest BCUT2D eigenvalue weighted by Gasteiger charge is 2.52. The van der Waals surface area contributed by atoms with Gasteiger partial charge in [-0.15, -0.1) is 13.2 Å². The lowest BCUT2D eigenvalue weighted by Gasteiger charge is -2.32. The fourth-order valence-electron chi connectivity index (χ4n) is 2.94. The molecule has 1 fully saturated rings. The van der Waals surface area contributed by atoms with Crippen LogP contribution >= 0.6 is 0 Å². The number of ether oxygens (including phenoxy) is 2. The monoisotopic (exact) mass is 445 g/mol. The van der Waals surface area contributed by atoms with E-state index in [4.69, 9.17) is 14.0 Å². The summed E-state index contributed by atoms with van der Waals surface area (Å²) < 4.78 is 60.2. The second kappa shape index (κ2) is 8.54. The molecular formula is C21H31BF3NO5. The van der Waals surface area contributed by atoms with Gasteiger partial charge in [-0.05, 0) is 78.5 Å². The molecule has 1 aromatic carbocycles. The Bertz CT molecular complexity index is 789. The van der Waals surface area contributed by atoms with Gasteiger partial charge in [0, 0.05) is 13.1 Å². The summed E-state index contributed by atoms with van der Waals surface area (Å²) in [5.41, 5.74) is -1.22. The molecule has 174 valence electrons. The van der Waals surface area contributed by atoms with Crippen molar-refractivity contribution in [1.29, 1.82) is 0 Å². The highest BCUT2D eigenvalue weighted by molar-refractivity contribution is 6.62. The van der Waals surface area contributed by atoms with Crippen LogP contribution in [0.5, 0.6) is 5.75 Å². The van der Waals surface area contributed by atoms with E-state index < -0.39 is 42.1 Å². The van der Waals surface area contributed by atoms with Crippen LogP contribution in [0.2, 0.25) is 0 Å². The third-order valence-corrected chi connectivity index (χ3v) is 5.15. The maximum atomic E-state index is 12.9. The van der Waals surface area contributed by atoms with Crippen LogP contribution in [-0.2, 0) is 20.6 Å². The van der Waals surface area contributed by atoms with Crippen molar-refractivity contribution in [3.63, 3.8) is 0 Å². The summed E-state index contributed by atoms with van der Waals surface area (Å²) in [6, 6.07) is 4.14. The van der Waals surface area contributed by atoms with Crippen LogP contribution in [0.3, 0.4) is 0 Å². The van der Waals surface area contributed by atoms with Crippen molar-refractivity contribution in [3.05, 3.63) is 23.8 Å². The van der Waals surface area contributed by atoms with E-state index in [2.05, 4.69) is 4.74 Å². The Kier molecular flexibility index (Phi) is 6.98. The molecule has 1 heterocycles. The predicted octanol–water partition coefficient (Wildman–Crippen LogP) is 4.64. The first-order valence-corrected chi connectivity index (χ1v) is 10.2. The second-order valence-electron chi connectivity index (χ2n) is 9.54. The fourth-order valence-corrected chi connectivity index (χ4v) is 2.94. The Hall–Kier alpha value is -1.94. The third-order valence-electron chi connectivity index (χ3n) is 5.15. The van der Waals surface area contributed by atoms with Crippen molar-refractivity contribution in [2.75, 3.05) is 6.54 Å². The standard InChI is InChI=1S/C21H31BF3NO5/c1-9-26(17(27)29-18(2,3)4)13-14-10-15(12-16(11-14)28-21(23,24)25)22-30-19(5,6)20(7,8)31-22/h10-12H,9,13H2,1-8H3. The van der Waals surface area contributed by atoms with E-state index in [0.29, 0.717) is 17.6 Å². The van der Waals surface area contributed by atoms with E-state index in [1.807, 2.05) is 27.7 Å². The van der Waals surface area contributed by atoms with Crippen LogP contribution in [0.4, 0.5) is 18.0 Å². The number of rotatable bonds is 5. The van der Waals surface area contributed by atoms with Gasteiger partial charge >= 0.3 is 19.6 Å². The number of nitrogens with zero attached hydrogens (tertiary/aromatic N) is 1. The van der Waals surface area contributed by atoms with E-state index in [1.54, 1.807) is 33.8 Å². The molecule has 1 aliphatic rings. The first-order chi connectivity index (χ1) is 13.9. The van der Waals surface area contributed by atoms with E-state index >= 15 is 0 Å². The first kappa shape index (κ1) is 25.3. The summed E-state index contributed by atoms with van der Waals surface area (Å²) >= 11 is 0. The normalized spacial score (nSPS) is 18.1. The number of hydrogen-bond donors (Lipinski definition) is 0. The average Bonchev–Trinajstić information content (AvgIpc) is 2.77. The van der Waals surface area contributed by atoms with Crippen molar-refractivity contribution in [3.8, 4) is 5.75 Å². The van der Waals surface area contributed by atoms with Crippen LogP contribution < -0.4 is 10.2 Å². The number of hydrogen-bond acceptors (Lipinski definition) is 5. The van der Waals surface area contributed by atoms with Gasteiger partial charge in [0.2, 0.25) is 0 Å². The molecule has 0 atom stereocenters. The van der Waals surface area contributed by atoms with Crippen LogP contribution in [-0.4, -0.2) is 47.8 Å². The van der Waals surface area contributed by atoms with E-state index in [-0.39, 0.29) is 6.54 Å². The Labute approximate surface area is 182 Å². The second-order valence-corrected chi connectivity index (χ2v) is 9.54. The quantitative estimate of drug-likeness (QED) is 0.619. The van der Waals surface area contributed by atoms with Crippen molar-refractivity contribution in [2.45, 2.75) is 85.1 Å². The van der Waals surface area contributed by atoms with Gasteiger partial charge in [0.15, 0.2) is 0 Å². The van der Waals surface area contributed by atoms with Gasteiger partial charge in [0.1, 0.15) is 11.4 Å². The molecule has 31 heavy (non-hydrogen) atoms. The van der Waals surface area contributed by atoms with Gasteiger partial charge < -0.3 is 23.7 Å². The molecule has 1 aliphatic heterocycles. The molecule has 1 aromatic rings. The number of carbonyl (C=O) groups excluding carboxylic acids is 1. The molecule has 0 aromatic heterocycles. The minimum Gasteiger partial charge on any atom is -0.444 e. The van der Waals surface area contributed by atoms with Crippen molar-refractivity contribution < 1.29 is 36.7 Å². The molecule has 0 aliphatic carbocycles. The summed E-state index contributed by atoms with van der Waals surface area (Å²) in [7, 11) is -0.878. The van der Waals surface area contributed by atoms with Gasteiger partial charge in [0.05, 0.1) is 11.2 Å². The third kappa shape index (κ3) is 6.77. The number of benzene rings is 1. The molecule has 2 rings (SSSR count). The van der Waals surface area contributed by atoms with Gasteiger partial charge in [-0.3, -0.25) is 0 Å². The van der Waals surface area contributed by atoms with Crippen molar-refractivity contribution in [2.24, 2.45) is 0 Å². The lowest BCUT2D eigenvalue weighted by molar-refractivity contribution is -0.274. The lowest BCUT2D eigenvalue weighted by Crippen LogP contribution is -2.41. The summed E-state index contributed by atoms with van der Waals surface area (Å²) in [6.07, 6.45) is -5.42. The first-order valence-electron chi connectivity index (χ1n) is 10.2. The Morgan fingerprint density at radius 3 is 2.06 bits per heavy atom. The molecule has 0 bridgehead atoms. The zero-order chi connectivity index (χ0) is 23.8. The number of amides is 1. The molecule has 6 nitrogen and oxygen atoms in total. The zero-order valence-corrected chi connectivity index (χ0v) is 19.3. The number of halogens is 3. The molecule has 0 unspecified atom stereocenters. The highest BCUT2D eigenvalue weighted by Crippen LogP contribution is 2.37. The van der Waals surface area contributed by atoms with Gasteiger partial charge in [-0.1, -0.05) is 6.07 Å².